The van der Waals surface area contributed by atoms with Crippen molar-refractivity contribution in [2.24, 2.45) is 0 Å². The number of amides is 2. The highest BCUT2D eigenvalue weighted by atomic mass is 19.4. The topological polar surface area (TPSA) is 54.5 Å². The van der Waals surface area contributed by atoms with Gasteiger partial charge in [0.15, 0.2) is 0 Å². The molecule has 132 valence electrons. The zero-order valence-corrected chi connectivity index (χ0v) is 13.2. The van der Waals surface area contributed by atoms with Crippen molar-refractivity contribution in [1.29, 1.82) is 0 Å². The molecule has 1 N–H and O–H groups in total. The molecule has 1 aliphatic rings. The van der Waals surface area contributed by atoms with E-state index in [1.54, 1.807) is 24.5 Å². The number of hydrogen-bond acceptors (Lipinski definition) is 3. The summed E-state index contributed by atoms with van der Waals surface area (Å²) in [4.78, 5) is 17.7. The van der Waals surface area contributed by atoms with Crippen molar-refractivity contribution >= 4 is 11.7 Å². The van der Waals surface area contributed by atoms with Gasteiger partial charge >= 0.3 is 12.2 Å². The number of carbonyl (C=O) groups is 1. The summed E-state index contributed by atoms with van der Waals surface area (Å²) in [6.45, 7) is 0.841. The van der Waals surface area contributed by atoms with Crippen molar-refractivity contribution < 1.29 is 22.7 Å². The molecule has 1 aliphatic heterocycles. The SMILES string of the molecule is O=C(Nc1cccc(C(F)(F)F)c1)N1CC[C@@H](Oc2ccncc2)C1. The minimum Gasteiger partial charge on any atom is -0.488 e. The predicted molar refractivity (Wildman–Crippen MR) is 85.3 cm³/mol. The number of aromatic nitrogens is 1. The monoisotopic (exact) mass is 351 g/mol. The Kier molecular flexibility index (Phi) is 4.78. The van der Waals surface area contributed by atoms with E-state index in [0.717, 1.165) is 12.1 Å². The molecule has 1 fully saturated rings. The smallest absolute Gasteiger partial charge is 0.416 e. The summed E-state index contributed by atoms with van der Waals surface area (Å²) in [5.74, 6) is 0.667. The van der Waals surface area contributed by atoms with Crippen LogP contribution in [0, 0.1) is 0 Å². The zero-order chi connectivity index (χ0) is 17.9. The van der Waals surface area contributed by atoms with Crippen LogP contribution in [0.15, 0.2) is 48.8 Å². The van der Waals surface area contributed by atoms with Crippen LogP contribution < -0.4 is 10.1 Å². The molecule has 0 bridgehead atoms. The standard InChI is InChI=1S/C17H16F3N3O2/c18-17(19,20)12-2-1-3-13(10-12)22-16(24)23-9-6-15(11-23)25-14-4-7-21-8-5-14/h1-5,7-8,10,15H,6,9,11H2,(H,22,24)/t15-/m1/s1. The lowest BCUT2D eigenvalue weighted by Crippen LogP contribution is -2.34. The lowest BCUT2D eigenvalue weighted by Gasteiger charge is -2.18. The van der Waals surface area contributed by atoms with Crippen LogP contribution in [-0.4, -0.2) is 35.1 Å². The minimum absolute atomic E-state index is 0.110. The van der Waals surface area contributed by atoms with Crippen LogP contribution in [0.4, 0.5) is 23.7 Å². The van der Waals surface area contributed by atoms with Crippen molar-refractivity contribution in [2.45, 2.75) is 18.7 Å². The lowest BCUT2D eigenvalue weighted by atomic mass is 10.2. The molecular formula is C17H16F3N3O2. The van der Waals surface area contributed by atoms with Crippen molar-refractivity contribution in [1.82, 2.24) is 9.88 Å². The molecule has 1 saturated heterocycles. The molecule has 0 radical (unpaired) electrons. The quantitative estimate of drug-likeness (QED) is 0.915. The van der Waals surface area contributed by atoms with Crippen LogP contribution in [0.5, 0.6) is 5.75 Å². The number of likely N-dealkylation sites (tertiary alicyclic amines) is 1. The maximum atomic E-state index is 12.7. The zero-order valence-electron chi connectivity index (χ0n) is 13.2. The van der Waals surface area contributed by atoms with E-state index in [1.165, 1.54) is 17.0 Å². The van der Waals surface area contributed by atoms with Crippen molar-refractivity contribution in [2.75, 3.05) is 18.4 Å². The number of carbonyl (C=O) groups excluding carboxylic acids is 1. The molecular weight excluding hydrogens is 335 g/mol. The Balaban J connectivity index is 1.58. The first-order valence-corrected chi connectivity index (χ1v) is 7.72. The molecule has 5 nitrogen and oxygen atoms in total. The summed E-state index contributed by atoms with van der Waals surface area (Å²) in [7, 11) is 0. The lowest BCUT2D eigenvalue weighted by molar-refractivity contribution is -0.137. The Morgan fingerprint density at radius 1 is 1.24 bits per heavy atom. The minimum atomic E-state index is -4.45. The number of hydrogen-bond donors (Lipinski definition) is 1. The molecule has 25 heavy (non-hydrogen) atoms. The van der Waals surface area contributed by atoms with Gasteiger partial charge in [-0.25, -0.2) is 4.79 Å². The third kappa shape index (κ3) is 4.40. The van der Waals surface area contributed by atoms with Gasteiger partial charge in [0.05, 0.1) is 12.1 Å². The highest BCUT2D eigenvalue weighted by molar-refractivity contribution is 5.89. The summed E-state index contributed by atoms with van der Waals surface area (Å²) in [6, 6.07) is 7.58. The van der Waals surface area contributed by atoms with Gasteiger partial charge in [0, 0.05) is 31.0 Å². The fraction of sp³-hybridized carbons (Fsp3) is 0.294. The normalized spacial score (nSPS) is 17.4. The molecule has 2 heterocycles. The van der Waals surface area contributed by atoms with Gasteiger partial charge in [-0.1, -0.05) is 6.07 Å². The first kappa shape index (κ1) is 17.1. The number of nitrogens with one attached hydrogen (secondary N) is 1. The average Bonchev–Trinajstić information content (AvgIpc) is 3.04. The van der Waals surface area contributed by atoms with Crippen LogP contribution in [0.1, 0.15) is 12.0 Å². The van der Waals surface area contributed by atoms with Gasteiger partial charge in [0.25, 0.3) is 0 Å². The second kappa shape index (κ2) is 7.00. The van der Waals surface area contributed by atoms with Crippen molar-refractivity contribution in [3.05, 3.63) is 54.4 Å². The summed E-state index contributed by atoms with van der Waals surface area (Å²) in [5.41, 5.74) is -0.691. The van der Waals surface area contributed by atoms with Gasteiger partial charge in [0.2, 0.25) is 0 Å². The van der Waals surface area contributed by atoms with Crippen LogP contribution in [0.3, 0.4) is 0 Å². The number of nitrogens with zero attached hydrogens (tertiary/aromatic N) is 2. The second-order valence-corrected chi connectivity index (χ2v) is 5.67. The first-order valence-electron chi connectivity index (χ1n) is 7.72. The molecule has 0 saturated carbocycles. The molecule has 0 unspecified atom stereocenters. The molecule has 3 rings (SSSR count). The van der Waals surface area contributed by atoms with Crippen LogP contribution in [-0.2, 0) is 6.18 Å². The number of halogens is 3. The number of anilines is 1. The van der Waals surface area contributed by atoms with E-state index in [2.05, 4.69) is 10.3 Å². The third-order valence-corrected chi connectivity index (χ3v) is 3.83. The summed E-state index contributed by atoms with van der Waals surface area (Å²) in [5, 5.41) is 2.50. The molecule has 8 heteroatoms. The van der Waals surface area contributed by atoms with E-state index in [4.69, 9.17) is 4.74 Å². The molecule has 2 aromatic rings. The summed E-state index contributed by atoms with van der Waals surface area (Å²) >= 11 is 0. The Bertz CT molecular complexity index is 737. The summed E-state index contributed by atoms with van der Waals surface area (Å²) < 4.78 is 43.9. The van der Waals surface area contributed by atoms with Gasteiger partial charge < -0.3 is 15.0 Å². The molecule has 2 amide bonds. The Labute approximate surface area is 142 Å². The van der Waals surface area contributed by atoms with Gasteiger partial charge in [-0.3, -0.25) is 4.98 Å². The van der Waals surface area contributed by atoms with Gasteiger partial charge in [-0.15, -0.1) is 0 Å². The van der Waals surface area contributed by atoms with E-state index in [0.29, 0.717) is 25.3 Å². The number of pyridine rings is 1. The van der Waals surface area contributed by atoms with E-state index >= 15 is 0 Å². The Morgan fingerprint density at radius 2 is 2.00 bits per heavy atom. The van der Waals surface area contributed by atoms with Crippen LogP contribution >= 0.6 is 0 Å². The average molecular weight is 351 g/mol. The highest BCUT2D eigenvalue weighted by Gasteiger charge is 2.31. The second-order valence-electron chi connectivity index (χ2n) is 5.67. The number of alkyl halides is 3. The fourth-order valence-corrected chi connectivity index (χ4v) is 2.59. The van der Waals surface area contributed by atoms with Gasteiger partial charge in [-0.2, -0.15) is 13.2 Å². The number of ether oxygens (including phenoxy) is 1. The Hall–Kier alpha value is -2.77. The van der Waals surface area contributed by atoms with E-state index in [1.807, 2.05) is 0 Å². The first-order chi connectivity index (χ1) is 11.9. The molecule has 0 spiro atoms. The maximum Gasteiger partial charge on any atom is 0.416 e. The molecule has 1 aromatic carbocycles. The number of benzene rings is 1. The Morgan fingerprint density at radius 3 is 2.72 bits per heavy atom. The molecule has 1 aromatic heterocycles. The molecule has 0 aliphatic carbocycles. The van der Waals surface area contributed by atoms with Crippen molar-refractivity contribution in [3.8, 4) is 5.75 Å². The van der Waals surface area contributed by atoms with Crippen molar-refractivity contribution in [3.63, 3.8) is 0 Å². The number of rotatable bonds is 3. The largest absolute Gasteiger partial charge is 0.488 e. The van der Waals surface area contributed by atoms with Crippen LogP contribution in [0.25, 0.3) is 0 Å². The summed E-state index contributed by atoms with van der Waals surface area (Å²) in [6.07, 6.45) is -0.726. The highest BCUT2D eigenvalue weighted by Crippen LogP contribution is 2.30. The van der Waals surface area contributed by atoms with E-state index in [-0.39, 0.29) is 11.8 Å². The van der Waals surface area contributed by atoms with Crippen LogP contribution in [0.2, 0.25) is 0 Å². The predicted octanol–water partition coefficient (Wildman–Crippen LogP) is 3.79. The maximum absolute atomic E-state index is 12.7. The van der Waals surface area contributed by atoms with E-state index < -0.39 is 17.8 Å². The van der Waals surface area contributed by atoms with Gasteiger partial charge in [-0.05, 0) is 30.3 Å². The number of urea groups is 1. The fourth-order valence-electron chi connectivity index (χ4n) is 2.59. The van der Waals surface area contributed by atoms with Gasteiger partial charge in [0.1, 0.15) is 11.9 Å². The van der Waals surface area contributed by atoms with E-state index in [9.17, 15) is 18.0 Å². The molecule has 1 atom stereocenters. The third-order valence-electron chi connectivity index (χ3n) is 3.83.